The highest BCUT2D eigenvalue weighted by atomic mass is 35.5. The number of hydrogen-bond donors (Lipinski definition) is 1. The van der Waals surface area contributed by atoms with Gasteiger partial charge >= 0.3 is 0 Å². The van der Waals surface area contributed by atoms with E-state index < -0.39 is 0 Å². The molecular weight excluding hydrogens is 372 g/mol. The topological polar surface area (TPSA) is 49.4 Å². The maximum atomic E-state index is 12.3. The van der Waals surface area contributed by atoms with E-state index in [1.54, 1.807) is 17.0 Å². The minimum atomic E-state index is -0.169. The predicted octanol–water partition coefficient (Wildman–Crippen LogP) is 4.39. The van der Waals surface area contributed by atoms with Gasteiger partial charge in [-0.2, -0.15) is 0 Å². The SMILES string of the molecule is O=C(NCc1ccccc1)c1ccc(CN(C(=O)CCl)c2ccccc2)cc1. The third kappa shape index (κ3) is 5.21. The molecule has 3 rings (SSSR count). The molecule has 0 fully saturated rings. The lowest BCUT2D eigenvalue weighted by atomic mass is 10.1. The number of alkyl halides is 1. The van der Waals surface area contributed by atoms with E-state index in [4.69, 9.17) is 11.6 Å². The van der Waals surface area contributed by atoms with Crippen LogP contribution in [-0.2, 0) is 17.9 Å². The van der Waals surface area contributed by atoms with Crippen LogP contribution in [0.2, 0.25) is 0 Å². The molecule has 0 spiro atoms. The molecule has 0 aliphatic heterocycles. The lowest BCUT2D eigenvalue weighted by Crippen LogP contribution is -2.31. The Balaban J connectivity index is 1.65. The smallest absolute Gasteiger partial charge is 0.251 e. The number of benzene rings is 3. The standard InChI is InChI=1S/C23H21ClN2O2/c24-15-22(27)26(21-9-5-2-6-10-21)17-19-11-13-20(14-12-19)23(28)25-16-18-7-3-1-4-8-18/h1-14H,15-17H2,(H,25,28). The largest absolute Gasteiger partial charge is 0.348 e. The third-order valence-electron chi connectivity index (χ3n) is 4.34. The number of nitrogens with zero attached hydrogens (tertiary/aromatic N) is 1. The van der Waals surface area contributed by atoms with Gasteiger partial charge in [-0.3, -0.25) is 9.59 Å². The Bertz CT molecular complexity index is 912. The number of rotatable bonds is 7. The molecule has 3 aromatic rings. The Morgan fingerprint density at radius 3 is 2.00 bits per heavy atom. The van der Waals surface area contributed by atoms with E-state index in [-0.39, 0.29) is 17.7 Å². The Morgan fingerprint density at radius 2 is 1.39 bits per heavy atom. The molecule has 3 aromatic carbocycles. The minimum Gasteiger partial charge on any atom is -0.348 e. The van der Waals surface area contributed by atoms with E-state index in [9.17, 15) is 9.59 Å². The molecule has 0 heterocycles. The first kappa shape index (κ1) is 19.6. The zero-order chi connectivity index (χ0) is 19.8. The molecule has 4 nitrogen and oxygen atoms in total. The van der Waals surface area contributed by atoms with Crippen LogP contribution in [-0.4, -0.2) is 17.7 Å². The number of carbonyl (C=O) groups excluding carboxylic acids is 2. The van der Waals surface area contributed by atoms with Gasteiger partial charge in [0.25, 0.3) is 5.91 Å². The molecule has 28 heavy (non-hydrogen) atoms. The van der Waals surface area contributed by atoms with Crippen LogP contribution in [0.25, 0.3) is 0 Å². The second-order valence-corrected chi connectivity index (χ2v) is 6.58. The van der Waals surface area contributed by atoms with Gasteiger partial charge in [0, 0.05) is 17.8 Å². The summed E-state index contributed by atoms with van der Waals surface area (Å²) in [4.78, 5) is 26.2. The molecule has 142 valence electrons. The van der Waals surface area contributed by atoms with Crippen molar-refractivity contribution in [1.29, 1.82) is 0 Å². The average molecular weight is 393 g/mol. The molecule has 0 aliphatic carbocycles. The van der Waals surface area contributed by atoms with Gasteiger partial charge in [-0.1, -0.05) is 60.7 Å². The average Bonchev–Trinajstić information content (AvgIpc) is 2.77. The summed E-state index contributed by atoms with van der Waals surface area (Å²) in [5.41, 5.74) is 3.33. The number of carbonyl (C=O) groups is 2. The van der Waals surface area contributed by atoms with Gasteiger partial charge in [0.2, 0.25) is 5.91 Å². The van der Waals surface area contributed by atoms with Crippen LogP contribution in [0.4, 0.5) is 5.69 Å². The first-order valence-electron chi connectivity index (χ1n) is 9.00. The molecule has 0 aromatic heterocycles. The van der Waals surface area contributed by atoms with E-state index in [1.807, 2.05) is 72.8 Å². The van der Waals surface area contributed by atoms with Gasteiger partial charge in [-0.15, -0.1) is 11.6 Å². The lowest BCUT2D eigenvalue weighted by Gasteiger charge is -2.22. The van der Waals surface area contributed by atoms with Crippen molar-refractivity contribution in [3.8, 4) is 0 Å². The quantitative estimate of drug-likeness (QED) is 0.606. The van der Waals surface area contributed by atoms with E-state index >= 15 is 0 Å². The van der Waals surface area contributed by atoms with Gasteiger partial charge in [0.1, 0.15) is 5.88 Å². The number of amides is 2. The molecule has 0 atom stereocenters. The number of anilines is 1. The Morgan fingerprint density at radius 1 is 0.786 bits per heavy atom. The first-order valence-corrected chi connectivity index (χ1v) is 9.53. The summed E-state index contributed by atoms with van der Waals surface area (Å²) in [5.74, 6) is -0.390. The van der Waals surface area contributed by atoms with Crippen molar-refractivity contribution in [3.63, 3.8) is 0 Å². The number of halogens is 1. The Hall–Kier alpha value is -3.11. The molecule has 0 unspecified atom stereocenters. The van der Waals surface area contributed by atoms with Gasteiger partial charge < -0.3 is 10.2 Å². The summed E-state index contributed by atoms with van der Waals surface area (Å²) < 4.78 is 0. The molecule has 0 saturated heterocycles. The molecule has 0 aliphatic rings. The lowest BCUT2D eigenvalue weighted by molar-refractivity contribution is -0.116. The molecule has 5 heteroatoms. The number of para-hydroxylation sites is 1. The fourth-order valence-electron chi connectivity index (χ4n) is 2.83. The van der Waals surface area contributed by atoms with Crippen LogP contribution in [0.1, 0.15) is 21.5 Å². The fraction of sp³-hybridized carbons (Fsp3) is 0.130. The van der Waals surface area contributed by atoms with Gasteiger partial charge in [-0.05, 0) is 35.4 Å². The summed E-state index contributed by atoms with van der Waals surface area (Å²) in [5, 5.41) is 2.91. The summed E-state index contributed by atoms with van der Waals surface area (Å²) in [6, 6.07) is 26.4. The van der Waals surface area contributed by atoms with E-state index in [0.717, 1.165) is 16.8 Å². The molecule has 0 saturated carbocycles. The van der Waals surface area contributed by atoms with E-state index in [2.05, 4.69) is 5.32 Å². The first-order chi connectivity index (χ1) is 13.7. The van der Waals surface area contributed by atoms with Gasteiger partial charge in [0.05, 0.1) is 6.54 Å². The van der Waals surface area contributed by atoms with Crippen molar-refractivity contribution in [3.05, 3.63) is 102 Å². The van der Waals surface area contributed by atoms with Gasteiger partial charge in [-0.25, -0.2) is 0 Å². The number of nitrogens with one attached hydrogen (secondary N) is 1. The Labute approximate surface area is 169 Å². The summed E-state index contributed by atoms with van der Waals surface area (Å²) in [6.45, 7) is 0.870. The van der Waals surface area contributed by atoms with Crippen LogP contribution in [0.5, 0.6) is 0 Å². The number of hydrogen-bond acceptors (Lipinski definition) is 2. The maximum Gasteiger partial charge on any atom is 0.251 e. The van der Waals surface area contributed by atoms with Crippen molar-refractivity contribution < 1.29 is 9.59 Å². The van der Waals surface area contributed by atoms with E-state index in [0.29, 0.717) is 18.7 Å². The van der Waals surface area contributed by atoms with Crippen molar-refractivity contribution in [2.45, 2.75) is 13.1 Å². The molecule has 1 N–H and O–H groups in total. The predicted molar refractivity (Wildman–Crippen MR) is 112 cm³/mol. The van der Waals surface area contributed by atoms with E-state index in [1.165, 1.54) is 0 Å². The molecular formula is C23H21ClN2O2. The third-order valence-corrected chi connectivity index (χ3v) is 4.56. The summed E-state index contributed by atoms with van der Waals surface area (Å²) >= 11 is 5.77. The minimum absolute atomic E-state index is 0.0884. The Kier molecular flexibility index (Phi) is 6.82. The van der Waals surface area contributed by atoms with Gasteiger partial charge in [0.15, 0.2) is 0 Å². The zero-order valence-electron chi connectivity index (χ0n) is 15.3. The van der Waals surface area contributed by atoms with Crippen molar-refractivity contribution in [2.75, 3.05) is 10.8 Å². The van der Waals surface area contributed by atoms with Crippen LogP contribution < -0.4 is 10.2 Å². The van der Waals surface area contributed by atoms with Crippen molar-refractivity contribution >= 4 is 29.1 Å². The summed E-state index contributed by atoms with van der Waals surface area (Å²) in [7, 11) is 0. The van der Waals surface area contributed by atoms with Crippen LogP contribution >= 0.6 is 11.6 Å². The van der Waals surface area contributed by atoms with Crippen molar-refractivity contribution in [2.24, 2.45) is 0 Å². The van der Waals surface area contributed by atoms with Crippen LogP contribution in [0, 0.1) is 0 Å². The summed E-state index contributed by atoms with van der Waals surface area (Å²) in [6.07, 6.45) is 0. The zero-order valence-corrected chi connectivity index (χ0v) is 16.1. The molecule has 2 amide bonds. The molecule has 0 radical (unpaired) electrons. The van der Waals surface area contributed by atoms with Crippen molar-refractivity contribution in [1.82, 2.24) is 5.32 Å². The maximum absolute atomic E-state index is 12.3. The van der Waals surface area contributed by atoms with Crippen LogP contribution in [0.3, 0.4) is 0 Å². The molecule has 0 bridgehead atoms. The second kappa shape index (κ2) is 9.72. The highest BCUT2D eigenvalue weighted by Crippen LogP contribution is 2.18. The van der Waals surface area contributed by atoms with Crippen LogP contribution in [0.15, 0.2) is 84.9 Å². The highest BCUT2D eigenvalue weighted by Gasteiger charge is 2.15. The highest BCUT2D eigenvalue weighted by molar-refractivity contribution is 6.29. The monoisotopic (exact) mass is 392 g/mol. The normalized spacial score (nSPS) is 10.3. The second-order valence-electron chi connectivity index (χ2n) is 6.31. The fourth-order valence-corrected chi connectivity index (χ4v) is 2.97.